The molecule has 1 heterocycles. The van der Waals surface area contributed by atoms with Crippen LogP contribution in [0.4, 0.5) is 0 Å². The van der Waals surface area contributed by atoms with Gasteiger partial charge in [-0.2, -0.15) is 0 Å². The van der Waals surface area contributed by atoms with Crippen LogP contribution in [-0.2, 0) is 9.53 Å². The Balaban J connectivity index is 1.97. The van der Waals surface area contributed by atoms with Gasteiger partial charge in [-0.05, 0) is 6.42 Å². The Kier molecular flexibility index (Phi) is 1.28. The van der Waals surface area contributed by atoms with Gasteiger partial charge in [-0.1, -0.05) is 0 Å². The molecule has 2 atom stereocenters. The summed E-state index contributed by atoms with van der Waals surface area (Å²) in [6.07, 6.45) is 2.85. The quantitative estimate of drug-likeness (QED) is 0.532. The maximum Gasteiger partial charge on any atom is 0.204 e. The minimum Gasteiger partial charge on any atom is -0.372 e. The molecule has 0 aromatic rings. The maximum absolute atomic E-state index is 10.2. The summed E-state index contributed by atoms with van der Waals surface area (Å²) in [4.78, 5) is 10.2. The van der Waals surface area contributed by atoms with E-state index in [-0.39, 0.29) is 11.5 Å². The van der Waals surface area contributed by atoms with E-state index in [1.165, 1.54) is 0 Å². The highest BCUT2D eigenvalue weighted by atomic mass is 16.5. The van der Waals surface area contributed by atoms with Crippen molar-refractivity contribution in [2.45, 2.75) is 12.0 Å². The summed E-state index contributed by atoms with van der Waals surface area (Å²) in [6, 6.07) is 0. The average molecular weight is 140 g/mol. The SMILES string of the molecule is O=[C]C1CC12CNCCO2. The van der Waals surface area contributed by atoms with Crippen molar-refractivity contribution in [1.29, 1.82) is 0 Å². The van der Waals surface area contributed by atoms with Crippen molar-refractivity contribution in [3.05, 3.63) is 0 Å². The molecule has 2 rings (SSSR count). The van der Waals surface area contributed by atoms with Gasteiger partial charge >= 0.3 is 0 Å². The first-order valence-electron chi connectivity index (χ1n) is 3.60. The Hall–Kier alpha value is -0.410. The predicted octanol–water partition coefficient (Wildman–Crippen LogP) is -0.525. The molecule has 0 bridgehead atoms. The zero-order valence-corrected chi connectivity index (χ0v) is 5.72. The molecule has 3 heteroatoms. The number of rotatable bonds is 1. The molecule has 10 heavy (non-hydrogen) atoms. The topological polar surface area (TPSA) is 38.3 Å². The van der Waals surface area contributed by atoms with E-state index in [9.17, 15) is 4.79 Å². The summed E-state index contributed by atoms with van der Waals surface area (Å²) in [5.41, 5.74) is -0.139. The fourth-order valence-corrected chi connectivity index (χ4v) is 1.47. The minimum atomic E-state index is -0.139. The van der Waals surface area contributed by atoms with E-state index in [0.717, 1.165) is 26.1 Å². The van der Waals surface area contributed by atoms with Crippen LogP contribution in [0.1, 0.15) is 6.42 Å². The first-order chi connectivity index (χ1) is 4.87. The molecule has 1 saturated heterocycles. The monoisotopic (exact) mass is 140 g/mol. The summed E-state index contributed by atoms with van der Waals surface area (Å²) in [7, 11) is 0. The van der Waals surface area contributed by atoms with E-state index in [1.54, 1.807) is 0 Å². The van der Waals surface area contributed by atoms with Crippen molar-refractivity contribution in [2.75, 3.05) is 19.7 Å². The van der Waals surface area contributed by atoms with Gasteiger partial charge in [0.05, 0.1) is 18.1 Å². The second kappa shape index (κ2) is 2.04. The van der Waals surface area contributed by atoms with Crippen molar-refractivity contribution in [2.24, 2.45) is 5.92 Å². The summed E-state index contributed by atoms with van der Waals surface area (Å²) in [5.74, 6) is 0.0419. The molecule has 1 saturated carbocycles. The number of hydrogen-bond donors (Lipinski definition) is 1. The Morgan fingerprint density at radius 2 is 2.60 bits per heavy atom. The standard InChI is InChI=1S/C7H10NO2/c9-4-6-3-7(6)5-8-1-2-10-7/h6,8H,1-3,5H2. The van der Waals surface area contributed by atoms with Gasteiger partial charge in [-0.25, -0.2) is 0 Å². The van der Waals surface area contributed by atoms with Gasteiger partial charge < -0.3 is 10.1 Å². The van der Waals surface area contributed by atoms with Crippen LogP contribution >= 0.6 is 0 Å². The Bertz CT molecular complexity index is 152. The fraction of sp³-hybridized carbons (Fsp3) is 0.857. The lowest BCUT2D eigenvalue weighted by Crippen LogP contribution is -2.41. The van der Waals surface area contributed by atoms with Gasteiger partial charge in [0, 0.05) is 13.1 Å². The highest BCUT2D eigenvalue weighted by molar-refractivity contribution is 5.62. The summed E-state index contributed by atoms with van der Waals surface area (Å²) < 4.78 is 5.45. The molecule has 2 unspecified atom stereocenters. The highest BCUT2D eigenvalue weighted by Crippen LogP contribution is 2.45. The van der Waals surface area contributed by atoms with Gasteiger partial charge in [0.25, 0.3) is 0 Å². The van der Waals surface area contributed by atoms with Crippen LogP contribution in [-0.4, -0.2) is 31.6 Å². The predicted molar refractivity (Wildman–Crippen MR) is 35.4 cm³/mol. The fourth-order valence-electron chi connectivity index (χ4n) is 1.47. The number of hydrogen-bond acceptors (Lipinski definition) is 3. The lowest BCUT2D eigenvalue weighted by Gasteiger charge is -2.23. The van der Waals surface area contributed by atoms with Crippen LogP contribution in [0.5, 0.6) is 0 Å². The van der Waals surface area contributed by atoms with Crippen LogP contribution in [0.3, 0.4) is 0 Å². The Morgan fingerprint density at radius 3 is 3.10 bits per heavy atom. The van der Waals surface area contributed by atoms with Crippen LogP contribution in [0.2, 0.25) is 0 Å². The van der Waals surface area contributed by atoms with Crippen molar-refractivity contribution in [3.8, 4) is 0 Å². The number of nitrogens with one attached hydrogen (secondary N) is 1. The molecule has 1 radical (unpaired) electrons. The van der Waals surface area contributed by atoms with Crippen molar-refractivity contribution in [3.63, 3.8) is 0 Å². The van der Waals surface area contributed by atoms with E-state index in [0.29, 0.717) is 0 Å². The van der Waals surface area contributed by atoms with Gasteiger partial charge in [0.2, 0.25) is 6.29 Å². The molecule has 0 aromatic carbocycles. The Labute approximate surface area is 59.7 Å². The Morgan fingerprint density at radius 1 is 1.70 bits per heavy atom. The van der Waals surface area contributed by atoms with E-state index >= 15 is 0 Å². The molecule has 0 aromatic heterocycles. The lowest BCUT2D eigenvalue weighted by atomic mass is 10.2. The molecule has 0 amide bonds. The third-order valence-electron chi connectivity index (χ3n) is 2.26. The zero-order chi connectivity index (χ0) is 7.03. The first kappa shape index (κ1) is 6.31. The number of ether oxygens (including phenoxy) is 1. The van der Waals surface area contributed by atoms with E-state index in [2.05, 4.69) is 5.32 Å². The maximum atomic E-state index is 10.2. The molecule has 55 valence electrons. The first-order valence-corrected chi connectivity index (χ1v) is 3.60. The van der Waals surface area contributed by atoms with Crippen LogP contribution in [0, 0.1) is 5.92 Å². The van der Waals surface area contributed by atoms with E-state index in [4.69, 9.17) is 4.74 Å². The summed E-state index contributed by atoms with van der Waals surface area (Å²) in [6.45, 7) is 2.47. The van der Waals surface area contributed by atoms with Gasteiger partial charge in [0.15, 0.2) is 0 Å². The normalized spacial score (nSPS) is 45.4. The largest absolute Gasteiger partial charge is 0.372 e. The second-order valence-electron chi connectivity index (χ2n) is 2.96. The molecular weight excluding hydrogens is 130 g/mol. The molecule has 1 spiro atoms. The molecule has 3 nitrogen and oxygen atoms in total. The number of morpholine rings is 1. The van der Waals surface area contributed by atoms with Crippen LogP contribution < -0.4 is 5.32 Å². The molecule has 2 fully saturated rings. The third kappa shape index (κ3) is 0.777. The van der Waals surface area contributed by atoms with Gasteiger partial charge in [0.1, 0.15) is 0 Å². The minimum absolute atomic E-state index is 0.0419. The van der Waals surface area contributed by atoms with Gasteiger partial charge in [-0.3, -0.25) is 4.79 Å². The van der Waals surface area contributed by atoms with Crippen molar-refractivity contribution >= 4 is 6.29 Å². The molecule has 1 aliphatic carbocycles. The number of carbonyl (C=O) groups excluding carboxylic acids is 1. The lowest BCUT2D eigenvalue weighted by molar-refractivity contribution is 0.00305. The van der Waals surface area contributed by atoms with E-state index < -0.39 is 0 Å². The van der Waals surface area contributed by atoms with Gasteiger partial charge in [-0.15, -0.1) is 0 Å². The molecule has 1 aliphatic heterocycles. The zero-order valence-electron chi connectivity index (χ0n) is 5.72. The second-order valence-corrected chi connectivity index (χ2v) is 2.96. The van der Waals surface area contributed by atoms with E-state index in [1.807, 2.05) is 6.29 Å². The van der Waals surface area contributed by atoms with Crippen molar-refractivity contribution < 1.29 is 9.53 Å². The molecule has 2 aliphatic rings. The third-order valence-corrected chi connectivity index (χ3v) is 2.26. The van der Waals surface area contributed by atoms with Crippen LogP contribution in [0.25, 0.3) is 0 Å². The average Bonchev–Trinajstić information content (AvgIpc) is 2.65. The smallest absolute Gasteiger partial charge is 0.204 e. The summed E-state index contributed by atoms with van der Waals surface area (Å²) >= 11 is 0. The van der Waals surface area contributed by atoms with Crippen LogP contribution in [0.15, 0.2) is 0 Å². The molecular formula is C7H10NO2. The summed E-state index contributed by atoms with van der Waals surface area (Å²) in [5, 5.41) is 3.20. The van der Waals surface area contributed by atoms with Crippen molar-refractivity contribution in [1.82, 2.24) is 5.32 Å². The highest BCUT2D eigenvalue weighted by Gasteiger charge is 2.56. The molecule has 1 N–H and O–H groups in total.